The minimum absolute atomic E-state index is 0.109. The average molecular weight is 351 g/mol. The van der Waals surface area contributed by atoms with Crippen LogP contribution in [0.15, 0.2) is 0 Å². The Balaban J connectivity index is 1.46. The summed E-state index contributed by atoms with van der Waals surface area (Å²) in [7, 11) is 0. The molecule has 0 aromatic rings. The highest BCUT2D eigenvalue weighted by Gasteiger charge is 2.36. The summed E-state index contributed by atoms with van der Waals surface area (Å²) >= 11 is 0. The van der Waals surface area contributed by atoms with Crippen LogP contribution in [0.4, 0.5) is 4.79 Å². The van der Waals surface area contributed by atoms with Crippen molar-refractivity contribution in [2.75, 3.05) is 52.4 Å². The minimum atomic E-state index is 0.109. The fourth-order valence-corrected chi connectivity index (χ4v) is 4.62. The van der Waals surface area contributed by atoms with E-state index in [-0.39, 0.29) is 11.9 Å². The molecular weight excluding hydrogens is 316 g/mol. The highest BCUT2D eigenvalue weighted by atomic mass is 16.2. The fourth-order valence-electron chi connectivity index (χ4n) is 4.62. The lowest BCUT2D eigenvalue weighted by Gasteiger charge is -2.36. The number of carbonyl (C=O) groups is 2. The first-order chi connectivity index (χ1) is 12.1. The Bertz CT molecular complexity index is 466. The molecule has 0 saturated carbocycles. The van der Waals surface area contributed by atoms with Crippen LogP contribution in [-0.2, 0) is 4.79 Å². The van der Waals surface area contributed by atoms with E-state index in [0.29, 0.717) is 11.9 Å². The van der Waals surface area contributed by atoms with Crippen LogP contribution in [0.1, 0.15) is 46.0 Å². The maximum absolute atomic E-state index is 12.9. The third-order valence-corrected chi connectivity index (χ3v) is 6.28. The lowest BCUT2D eigenvalue weighted by Crippen LogP contribution is -2.49. The van der Waals surface area contributed by atoms with Gasteiger partial charge < -0.3 is 14.7 Å². The number of amides is 3. The van der Waals surface area contributed by atoms with Crippen molar-refractivity contribution in [1.29, 1.82) is 0 Å². The molecule has 3 saturated heterocycles. The first-order valence-corrected chi connectivity index (χ1v) is 10.2. The highest BCUT2D eigenvalue weighted by Crippen LogP contribution is 2.25. The van der Waals surface area contributed by atoms with Crippen LogP contribution in [0.3, 0.4) is 0 Å². The summed E-state index contributed by atoms with van der Waals surface area (Å²) in [5.41, 5.74) is 0. The molecule has 3 aliphatic rings. The Hall–Kier alpha value is -1.30. The SMILES string of the molecule is CCN(CC)C(=O)N1CCC(C(=O)N2CCC(N3CCCC3)C2)CC1. The lowest BCUT2D eigenvalue weighted by atomic mass is 9.95. The predicted molar refractivity (Wildman–Crippen MR) is 98.4 cm³/mol. The van der Waals surface area contributed by atoms with Crippen molar-refractivity contribution in [3.63, 3.8) is 0 Å². The molecule has 6 nitrogen and oxygen atoms in total. The van der Waals surface area contributed by atoms with Crippen molar-refractivity contribution < 1.29 is 9.59 Å². The van der Waals surface area contributed by atoms with Crippen molar-refractivity contribution >= 4 is 11.9 Å². The van der Waals surface area contributed by atoms with Gasteiger partial charge in [0.05, 0.1) is 0 Å². The molecule has 0 aromatic heterocycles. The van der Waals surface area contributed by atoms with Gasteiger partial charge in [-0.2, -0.15) is 0 Å². The number of rotatable bonds is 4. The molecule has 1 atom stereocenters. The molecule has 3 rings (SSSR count). The van der Waals surface area contributed by atoms with Gasteiger partial charge in [-0.15, -0.1) is 0 Å². The molecule has 0 aromatic carbocycles. The summed E-state index contributed by atoms with van der Waals surface area (Å²) < 4.78 is 0. The van der Waals surface area contributed by atoms with E-state index in [1.54, 1.807) is 0 Å². The Morgan fingerprint density at radius 2 is 1.48 bits per heavy atom. The van der Waals surface area contributed by atoms with Crippen LogP contribution in [0.2, 0.25) is 0 Å². The largest absolute Gasteiger partial charge is 0.341 e. The summed E-state index contributed by atoms with van der Waals surface area (Å²) in [6.45, 7) is 11.2. The van der Waals surface area contributed by atoms with Crippen LogP contribution in [0.25, 0.3) is 0 Å². The molecule has 142 valence electrons. The van der Waals surface area contributed by atoms with Crippen LogP contribution in [0.5, 0.6) is 0 Å². The van der Waals surface area contributed by atoms with E-state index in [0.717, 1.165) is 58.5 Å². The lowest BCUT2D eigenvalue weighted by molar-refractivity contribution is -0.136. The molecule has 3 heterocycles. The monoisotopic (exact) mass is 350 g/mol. The van der Waals surface area contributed by atoms with Gasteiger partial charge in [-0.05, 0) is 59.0 Å². The van der Waals surface area contributed by atoms with Crippen molar-refractivity contribution in [2.24, 2.45) is 5.92 Å². The Morgan fingerprint density at radius 3 is 2.08 bits per heavy atom. The van der Waals surface area contributed by atoms with Crippen molar-refractivity contribution in [3.8, 4) is 0 Å². The predicted octanol–water partition coefficient (Wildman–Crippen LogP) is 1.86. The van der Waals surface area contributed by atoms with Crippen molar-refractivity contribution in [2.45, 2.75) is 52.0 Å². The summed E-state index contributed by atoms with van der Waals surface area (Å²) in [6, 6.07) is 0.710. The topological polar surface area (TPSA) is 47.1 Å². The third-order valence-electron chi connectivity index (χ3n) is 6.28. The van der Waals surface area contributed by atoms with E-state index in [1.807, 2.05) is 23.6 Å². The second-order valence-electron chi connectivity index (χ2n) is 7.69. The standard InChI is InChI=1S/C19H34N4O2/c1-3-20(4-2)19(25)22-12-7-16(8-13-22)18(24)23-14-9-17(15-23)21-10-5-6-11-21/h16-17H,3-15H2,1-2H3. The van der Waals surface area contributed by atoms with Crippen LogP contribution < -0.4 is 0 Å². The quantitative estimate of drug-likeness (QED) is 0.777. The molecule has 0 radical (unpaired) electrons. The number of hydrogen-bond donors (Lipinski definition) is 0. The number of carbonyl (C=O) groups excluding carboxylic acids is 2. The molecule has 0 N–H and O–H groups in total. The number of likely N-dealkylation sites (tertiary alicyclic amines) is 3. The highest BCUT2D eigenvalue weighted by molar-refractivity contribution is 5.80. The number of hydrogen-bond acceptors (Lipinski definition) is 3. The van der Waals surface area contributed by atoms with Crippen LogP contribution in [-0.4, -0.2) is 89.9 Å². The van der Waals surface area contributed by atoms with E-state index in [9.17, 15) is 9.59 Å². The number of nitrogens with zero attached hydrogens (tertiary/aromatic N) is 4. The van der Waals surface area contributed by atoms with E-state index in [1.165, 1.54) is 25.9 Å². The van der Waals surface area contributed by atoms with Gasteiger partial charge in [-0.1, -0.05) is 0 Å². The molecule has 3 amide bonds. The normalized spacial score (nSPS) is 25.6. The van der Waals surface area contributed by atoms with Gasteiger partial charge in [0.15, 0.2) is 0 Å². The summed E-state index contributed by atoms with van der Waals surface area (Å²) in [5.74, 6) is 0.440. The summed E-state index contributed by atoms with van der Waals surface area (Å²) in [5, 5.41) is 0. The van der Waals surface area contributed by atoms with Gasteiger partial charge in [-0.25, -0.2) is 4.79 Å². The second-order valence-corrected chi connectivity index (χ2v) is 7.69. The maximum Gasteiger partial charge on any atom is 0.319 e. The van der Waals surface area contributed by atoms with Gasteiger partial charge in [0.1, 0.15) is 0 Å². The minimum Gasteiger partial charge on any atom is -0.341 e. The van der Waals surface area contributed by atoms with E-state index in [4.69, 9.17) is 0 Å². The second kappa shape index (κ2) is 8.39. The van der Waals surface area contributed by atoms with Crippen LogP contribution in [0, 0.1) is 5.92 Å². The smallest absolute Gasteiger partial charge is 0.319 e. The van der Waals surface area contributed by atoms with Gasteiger partial charge in [0, 0.05) is 51.2 Å². The number of piperidine rings is 1. The molecule has 25 heavy (non-hydrogen) atoms. The molecule has 3 aliphatic heterocycles. The summed E-state index contributed by atoms with van der Waals surface area (Å²) in [4.78, 5) is 33.8. The molecule has 1 unspecified atom stereocenters. The zero-order valence-electron chi connectivity index (χ0n) is 16.0. The fraction of sp³-hybridized carbons (Fsp3) is 0.895. The van der Waals surface area contributed by atoms with E-state index < -0.39 is 0 Å². The maximum atomic E-state index is 12.9. The molecule has 0 spiro atoms. The number of urea groups is 1. The van der Waals surface area contributed by atoms with E-state index >= 15 is 0 Å². The molecular formula is C19H34N4O2. The first kappa shape index (κ1) is 18.5. The van der Waals surface area contributed by atoms with Gasteiger partial charge in [-0.3, -0.25) is 9.69 Å². The molecule has 0 aliphatic carbocycles. The van der Waals surface area contributed by atoms with Crippen molar-refractivity contribution in [1.82, 2.24) is 19.6 Å². The zero-order chi connectivity index (χ0) is 17.8. The Kier molecular flexibility index (Phi) is 6.20. The van der Waals surface area contributed by atoms with Crippen molar-refractivity contribution in [3.05, 3.63) is 0 Å². The third kappa shape index (κ3) is 4.10. The molecule has 0 bridgehead atoms. The Labute approximate surface area is 152 Å². The van der Waals surface area contributed by atoms with Gasteiger partial charge in [0.25, 0.3) is 0 Å². The van der Waals surface area contributed by atoms with Gasteiger partial charge in [0.2, 0.25) is 5.91 Å². The van der Waals surface area contributed by atoms with Gasteiger partial charge >= 0.3 is 6.03 Å². The van der Waals surface area contributed by atoms with Crippen LogP contribution >= 0.6 is 0 Å². The zero-order valence-corrected chi connectivity index (χ0v) is 16.0. The van der Waals surface area contributed by atoms with E-state index in [2.05, 4.69) is 9.80 Å². The average Bonchev–Trinajstić information content (AvgIpc) is 3.33. The summed E-state index contributed by atoms with van der Waals surface area (Å²) in [6.07, 6.45) is 5.38. The molecule has 3 fully saturated rings. The molecule has 6 heteroatoms. The first-order valence-electron chi connectivity index (χ1n) is 10.2. The Morgan fingerprint density at radius 1 is 0.880 bits per heavy atom.